The van der Waals surface area contributed by atoms with Gasteiger partial charge in [-0.2, -0.15) is 11.8 Å². The molecule has 1 fully saturated rings. The number of benzene rings is 1. The Labute approximate surface area is 131 Å². The fourth-order valence-corrected chi connectivity index (χ4v) is 4.87. The lowest BCUT2D eigenvalue weighted by atomic mass is 9.88. The van der Waals surface area contributed by atoms with Gasteiger partial charge in [0.25, 0.3) is 0 Å². The zero-order chi connectivity index (χ0) is 15.3. The molecule has 1 aliphatic rings. The lowest BCUT2D eigenvalue weighted by Gasteiger charge is -2.35. The van der Waals surface area contributed by atoms with Gasteiger partial charge in [-0.1, -0.05) is 31.4 Å². The van der Waals surface area contributed by atoms with Gasteiger partial charge in [0.15, 0.2) is 0 Å². The minimum atomic E-state index is -3.48. The predicted molar refractivity (Wildman–Crippen MR) is 86.9 cm³/mol. The van der Waals surface area contributed by atoms with E-state index in [1.807, 2.05) is 0 Å². The minimum absolute atomic E-state index is 0.0381. The molecule has 1 aromatic carbocycles. The highest BCUT2D eigenvalue weighted by Gasteiger charge is 2.32. The molecule has 0 unspecified atom stereocenters. The number of nitrogens with one attached hydrogen (secondary N) is 1. The third-order valence-corrected chi connectivity index (χ3v) is 7.03. The number of hydrogen-bond acceptors (Lipinski definition) is 4. The predicted octanol–water partition coefficient (Wildman–Crippen LogP) is 2.52. The summed E-state index contributed by atoms with van der Waals surface area (Å²) in [6.45, 7) is 0.404. The quantitative estimate of drug-likeness (QED) is 0.841. The summed E-state index contributed by atoms with van der Waals surface area (Å²) in [4.78, 5) is 0.256. The van der Waals surface area contributed by atoms with Gasteiger partial charge < -0.3 is 5.11 Å². The number of sulfonamides is 1. The molecule has 21 heavy (non-hydrogen) atoms. The summed E-state index contributed by atoms with van der Waals surface area (Å²) in [6.07, 6.45) is 7.80. The molecule has 0 saturated heterocycles. The van der Waals surface area contributed by atoms with Crippen molar-refractivity contribution in [3.05, 3.63) is 29.8 Å². The SMILES string of the molecule is CSC1(CNS(=O)(=O)c2ccc(CO)cc2)CCCCC1. The Balaban J connectivity index is 2.06. The van der Waals surface area contributed by atoms with Gasteiger partial charge in [0.05, 0.1) is 11.5 Å². The maximum atomic E-state index is 12.3. The standard InChI is InChI=1S/C15H23NO3S2/c1-20-15(9-3-2-4-10-15)12-16-21(18,19)14-7-5-13(11-17)6-8-14/h5-8,16-17H,2-4,9-12H2,1H3. The zero-order valence-electron chi connectivity index (χ0n) is 12.3. The van der Waals surface area contributed by atoms with Gasteiger partial charge in [-0.15, -0.1) is 0 Å². The van der Waals surface area contributed by atoms with Crippen molar-refractivity contribution in [1.29, 1.82) is 0 Å². The van der Waals surface area contributed by atoms with E-state index in [9.17, 15) is 8.42 Å². The van der Waals surface area contributed by atoms with Gasteiger partial charge >= 0.3 is 0 Å². The molecule has 0 aliphatic heterocycles. The van der Waals surface area contributed by atoms with Crippen LogP contribution in [0.2, 0.25) is 0 Å². The Hall–Kier alpha value is -0.560. The third-order valence-electron chi connectivity index (χ3n) is 4.20. The second kappa shape index (κ2) is 7.13. The number of rotatable bonds is 6. The number of aliphatic hydroxyl groups is 1. The molecular formula is C15H23NO3S2. The van der Waals surface area contributed by atoms with Crippen LogP contribution in [0.4, 0.5) is 0 Å². The van der Waals surface area contributed by atoms with E-state index in [-0.39, 0.29) is 16.2 Å². The van der Waals surface area contributed by atoms with E-state index in [2.05, 4.69) is 11.0 Å². The van der Waals surface area contributed by atoms with Crippen molar-refractivity contribution < 1.29 is 13.5 Å². The molecular weight excluding hydrogens is 306 g/mol. The number of aliphatic hydroxyl groups excluding tert-OH is 1. The maximum absolute atomic E-state index is 12.3. The van der Waals surface area contributed by atoms with Crippen molar-refractivity contribution in [3.8, 4) is 0 Å². The second-order valence-corrected chi connectivity index (χ2v) is 8.62. The van der Waals surface area contributed by atoms with E-state index in [1.165, 1.54) is 19.3 Å². The van der Waals surface area contributed by atoms with Crippen LogP contribution in [0.25, 0.3) is 0 Å². The fourth-order valence-electron chi connectivity index (χ4n) is 2.73. The first-order chi connectivity index (χ1) is 10.0. The van der Waals surface area contributed by atoms with Gasteiger partial charge in [-0.05, 0) is 36.8 Å². The molecule has 4 nitrogen and oxygen atoms in total. The summed E-state index contributed by atoms with van der Waals surface area (Å²) in [6, 6.07) is 6.36. The Kier molecular flexibility index (Phi) is 5.71. The smallest absolute Gasteiger partial charge is 0.240 e. The van der Waals surface area contributed by atoms with Gasteiger partial charge in [-0.3, -0.25) is 0 Å². The lowest BCUT2D eigenvalue weighted by Crippen LogP contribution is -2.41. The summed E-state index contributed by atoms with van der Waals surface area (Å²) < 4.78 is 27.5. The van der Waals surface area contributed by atoms with Crippen LogP contribution in [0.5, 0.6) is 0 Å². The molecule has 0 spiro atoms. The van der Waals surface area contributed by atoms with E-state index in [0.29, 0.717) is 12.1 Å². The van der Waals surface area contributed by atoms with Crippen molar-refractivity contribution in [1.82, 2.24) is 4.72 Å². The van der Waals surface area contributed by atoms with Crippen LogP contribution < -0.4 is 4.72 Å². The first kappa shape index (κ1) is 16.8. The second-order valence-electron chi connectivity index (χ2n) is 5.57. The summed E-state index contributed by atoms with van der Waals surface area (Å²) in [7, 11) is -3.48. The van der Waals surface area contributed by atoms with E-state index >= 15 is 0 Å². The largest absolute Gasteiger partial charge is 0.392 e. The topological polar surface area (TPSA) is 66.4 Å². The van der Waals surface area contributed by atoms with Crippen molar-refractivity contribution in [3.63, 3.8) is 0 Å². The molecule has 0 amide bonds. The summed E-state index contributed by atoms with van der Waals surface area (Å²) in [5.41, 5.74) is 0.710. The van der Waals surface area contributed by atoms with Crippen molar-refractivity contribution >= 4 is 21.8 Å². The molecule has 0 radical (unpaired) electrons. The van der Waals surface area contributed by atoms with Gasteiger partial charge in [0, 0.05) is 11.3 Å². The Morgan fingerprint density at radius 1 is 1.19 bits per heavy atom. The average Bonchev–Trinajstić information content (AvgIpc) is 2.54. The van der Waals surface area contributed by atoms with Crippen LogP contribution in [0.1, 0.15) is 37.7 Å². The zero-order valence-corrected chi connectivity index (χ0v) is 14.0. The van der Waals surface area contributed by atoms with Gasteiger partial charge in [0.2, 0.25) is 10.0 Å². The van der Waals surface area contributed by atoms with Crippen molar-refractivity contribution in [2.75, 3.05) is 12.8 Å². The normalized spacial score (nSPS) is 18.6. The molecule has 1 aromatic rings. The number of thioether (sulfide) groups is 1. The number of hydrogen-bond donors (Lipinski definition) is 2. The van der Waals surface area contributed by atoms with Crippen LogP contribution in [-0.2, 0) is 16.6 Å². The molecule has 6 heteroatoms. The minimum Gasteiger partial charge on any atom is -0.392 e. The fraction of sp³-hybridized carbons (Fsp3) is 0.600. The summed E-state index contributed by atoms with van der Waals surface area (Å²) >= 11 is 1.78. The Bertz CT molecular complexity index is 549. The molecule has 2 N–H and O–H groups in total. The van der Waals surface area contributed by atoms with Crippen LogP contribution in [0.15, 0.2) is 29.2 Å². The maximum Gasteiger partial charge on any atom is 0.240 e. The van der Waals surface area contributed by atoms with Crippen molar-refractivity contribution in [2.24, 2.45) is 0 Å². The van der Waals surface area contributed by atoms with Crippen molar-refractivity contribution in [2.45, 2.75) is 48.4 Å². The molecule has 1 saturated carbocycles. The third kappa shape index (κ3) is 4.22. The van der Waals surface area contributed by atoms with Crippen LogP contribution >= 0.6 is 11.8 Å². The van der Waals surface area contributed by atoms with E-state index in [0.717, 1.165) is 12.8 Å². The summed E-state index contributed by atoms with van der Waals surface area (Å²) in [5, 5.41) is 9.00. The molecule has 1 aliphatic carbocycles. The average molecular weight is 329 g/mol. The highest BCUT2D eigenvalue weighted by atomic mass is 32.2. The van der Waals surface area contributed by atoms with Gasteiger partial charge in [-0.25, -0.2) is 13.1 Å². The molecule has 0 atom stereocenters. The molecule has 0 heterocycles. The first-order valence-electron chi connectivity index (χ1n) is 7.26. The first-order valence-corrected chi connectivity index (χ1v) is 9.97. The molecule has 118 valence electrons. The van der Waals surface area contributed by atoms with Gasteiger partial charge in [0.1, 0.15) is 0 Å². The lowest BCUT2D eigenvalue weighted by molar-refractivity contribution is 0.282. The monoisotopic (exact) mass is 329 g/mol. The molecule has 2 rings (SSSR count). The Morgan fingerprint density at radius 2 is 1.81 bits per heavy atom. The molecule has 0 aromatic heterocycles. The van der Waals surface area contributed by atoms with Crippen LogP contribution in [-0.4, -0.2) is 31.1 Å². The Morgan fingerprint density at radius 3 is 2.33 bits per heavy atom. The van der Waals surface area contributed by atoms with E-state index in [4.69, 9.17) is 5.11 Å². The van der Waals surface area contributed by atoms with Crippen LogP contribution in [0.3, 0.4) is 0 Å². The highest BCUT2D eigenvalue weighted by Crippen LogP contribution is 2.38. The summed E-state index contributed by atoms with van der Waals surface area (Å²) in [5.74, 6) is 0. The van der Waals surface area contributed by atoms with Crippen LogP contribution in [0, 0.1) is 0 Å². The van der Waals surface area contributed by atoms with E-state index in [1.54, 1.807) is 36.0 Å². The highest BCUT2D eigenvalue weighted by molar-refractivity contribution is 8.00. The molecule has 0 bridgehead atoms. The van der Waals surface area contributed by atoms with E-state index < -0.39 is 10.0 Å².